The molecule has 0 saturated carbocycles. The highest BCUT2D eigenvalue weighted by Crippen LogP contribution is 2.22. The number of hydrogen-bond acceptors (Lipinski definition) is 12. The van der Waals surface area contributed by atoms with Crippen molar-refractivity contribution in [2.24, 2.45) is 17.6 Å². The number of carbonyl (C=O) groups excluding carboxylic acids is 7. The van der Waals surface area contributed by atoms with Gasteiger partial charge < -0.3 is 67.9 Å². The van der Waals surface area contributed by atoms with Crippen LogP contribution in [0.1, 0.15) is 65.9 Å². The number of carboxylic acids is 2. The zero-order valence-corrected chi connectivity index (χ0v) is 35.3. The molecule has 1 saturated heterocycles. The number of benzene rings is 1. The monoisotopic (exact) mass is 873 g/mol. The molecular formula is C40H59N9O13. The quantitative estimate of drug-likeness (QED) is 0.0537. The van der Waals surface area contributed by atoms with Crippen molar-refractivity contribution in [3.63, 3.8) is 0 Å². The van der Waals surface area contributed by atoms with Crippen molar-refractivity contribution in [2.45, 2.75) is 115 Å². The number of para-hydroxylation sites is 1. The van der Waals surface area contributed by atoms with Gasteiger partial charge in [-0.25, -0.2) is 4.79 Å². The van der Waals surface area contributed by atoms with Gasteiger partial charge >= 0.3 is 11.9 Å². The first-order chi connectivity index (χ1) is 29.2. The maximum absolute atomic E-state index is 13.9. The number of aliphatic hydroxyl groups excluding tert-OH is 2. The van der Waals surface area contributed by atoms with E-state index >= 15 is 0 Å². The number of aliphatic carboxylic acids is 2. The predicted molar refractivity (Wildman–Crippen MR) is 220 cm³/mol. The Kier molecular flexibility index (Phi) is 18.8. The number of fused-ring (bicyclic) bond motifs is 1. The molecule has 0 bridgehead atoms. The van der Waals surface area contributed by atoms with Crippen LogP contribution in [-0.2, 0) is 49.6 Å². The van der Waals surface area contributed by atoms with Crippen molar-refractivity contribution in [1.29, 1.82) is 0 Å². The number of carboxylic acid groups (broad SMARTS) is 2. The van der Waals surface area contributed by atoms with Crippen molar-refractivity contribution in [1.82, 2.24) is 41.8 Å². The fourth-order valence-corrected chi connectivity index (χ4v) is 6.85. The molecule has 22 nitrogen and oxygen atoms in total. The topological polar surface area (TPSA) is 352 Å². The molecule has 1 aromatic carbocycles. The first-order valence-electron chi connectivity index (χ1n) is 20.3. The smallest absolute Gasteiger partial charge is 0.326 e. The van der Waals surface area contributed by atoms with Gasteiger partial charge in [0.05, 0.1) is 25.7 Å². The lowest BCUT2D eigenvalue weighted by molar-refractivity contribution is -0.145. The number of carbonyl (C=O) groups is 9. The Morgan fingerprint density at radius 1 is 0.742 bits per heavy atom. The van der Waals surface area contributed by atoms with E-state index in [1.54, 1.807) is 46.0 Å². The van der Waals surface area contributed by atoms with E-state index in [-0.39, 0.29) is 31.7 Å². The minimum absolute atomic E-state index is 0.0115. The normalized spacial score (nSPS) is 17.2. The van der Waals surface area contributed by atoms with Crippen LogP contribution in [0.3, 0.4) is 0 Å². The Balaban J connectivity index is 1.80. The average Bonchev–Trinajstić information content (AvgIpc) is 3.87. The highest BCUT2D eigenvalue weighted by molar-refractivity contribution is 5.99. The second-order valence-corrected chi connectivity index (χ2v) is 16.0. The average molecular weight is 874 g/mol. The highest BCUT2D eigenvalue weighted by Gasteiger charge is 2.40. The Hall–Kier alpha value is -6.13. The maximum Gasteiger partial charge on any atom is 0.326 e. The fourth-order valence-electron chi connectivity index (χ4n) is 6.85. The largest absolute Gasteiger partial charge is 0.481 e. The van der Waals surface area contributed by atoms with Crippen LogP contribution in [0.4, 0.5) is 0 Å². The summed E-state index contributed by atoms with van der Waals surface area (Å²) in [6, 6.07) is -4.08. The lowest BCUT2D eigenvalue weighted by atomic mass is 10.0. The molecule has 62 heavy (non-hydrogen) atoms. The molecule has 1 aliphatic rings. The summed E-state index contributed by atoms with van der Waals surface area (Å²) < 4.78 is 0. The minimum Gasteiger partial charge on any atom is -0.481 e. The summed E-state index contributed by atoms with van der Waals surface area (Å²) >= 11 is 0. The van der Waals surface area contributed by atoms with E-state index in [1.807, 2.05) is 12.1 Å². The first kappa shape index (κ1) is 50.2. The molecule has 8 atom stereocenters. The lowest BCUT2D eigenvalue weighted by Crippen LogP contribution is -2.61. The molecule has 2 aromatic rings. The molecule has 0 spiro atoms. The second kappa shape index (κ2) is 23.2. The molecule has 0 aliphatic carbocycles. The lowest BCUT2D eigenvalue weighted by Gasteiger charge is -2.30. The number of likely N-dealkylation sites (tertiary alicyclic amines) is 1. The Morgan fingerprint density at radius 3 is 1.89 bits per heavy atom. The van der Waals surface area contributed by atoms with Crippen molar-refractivity contribution in [3.8, 4) is 0 Å². The van der Waals surface area contributed by atoms with Gasteiger partial charge in [-0.05, 0) is 49.7 Å². The molecule has 342 valence electrons. The Morgan fingerprint density at radius 2 is 1.31 bits per heavy atom. The first-order valence-corrected chi connectivity index (χ1v) is 20.3. The van der Waals surface area contributed by atoms with Gasteiger partial charge in [0, 0.05) is 30.1 Å². The summed E-state index contributed by atoms with van der Waals surface area (Å²) in [4.78, 5) is 122. The third kappa shape index (κ3) is 14.0. The number of rotatable bonds is 23. The zero-order valence-electron chi connectivity index (χ0n) is 35.3. The van der Waals surface area contributed by atoms with E-state index in [1.165, 1.54) is 6.92 Å². The van der Waals surface area contributed by atoms with Crippen molar-refractivity contribution in [3.05, 3.63) is 36.0 Å². The van der Waals surface area contributed by atoms with Gasteiger partial charge in [-0.1, -0.05) is 45.9 Å². The van der Waals surface area contributed by atoms with Crippen molar-refractivity contribution >= 4 is 64.2 Å². The number of nitrogens with two attached hydrogens (primary N) is 1. The number of nitrogens with zero attached hydrogens (tertiary/aromatic N) is 1. The van der Waals surface area contributed by atoms with E-state index < -0.39 is 127 Å². The fraction of sp³-hybridized carbons (Fsp3) is 0.575. The minimum atomic E-state index is -1.85. The van der Waals surface area contributed by atoms with Gasteiger partial charge in [-0.3, -0.25) is 38.4 Å². The van der Waals surface area contributed by atoms with Crippen molar-refractivity contribution < 1.29 is 63.6 Å². The van der Waals surface area contributed by atoms with E-state index in [9.17, 15) is 63.6 Å². The van der Waals surface area contributed by atoms with Crippen LogP contribution in [0, 0.1) is 11.8 Å². The van der Waals surface area contributed by atoms with Crippen LogP contribution in [0.5, 0.6) is 0 Å². The number of H-pyrrole nitrogens is 1. The van der Waals surface area contributed by atoms with Gasteiger partial charge in [-0.2, -0.15) is 0 Å². The molecular weight excluding hydrogens is 814 g/mol. The summed E-state index contributed by atoms with van der Waals surface area (Å²) in [5.74, 6) is -10.0. The predicted octanol–water partition coefficient (Wildman–Crippen LogP) is -2.80. The summed E-state index contributed by atoms with van der Waals surface area (Å²) in [6.45, 7) is 6.10. The van der Waals surface area contributed by atoms with Crippen molar-refractivity contribution in [2.75, 3.05) is 19.8 Å². The molecule has 1 fully saturated rings. The molecule has 0 unspecified atom stereocenters. The SMILES string of the molecule is CC(C)C[C@H](NC(=O)[C@H](CO)NC(=O)[C@H](C)N)C(=O)N[C@@H](CC(=O)O)C(=O)N[C@@H](CO)C(=O)N1CCC[C@H]1C(=O)N[C@@H](Cc1c[nH]c2ccccc12)C(=O)N[C@H](C(=O)O)C(C)C. The van der Waals surface area contributed by atoms with Gasteiger partial charge in [0.2, 0.25) is 41.4 Å². The van der Waals surface area contributed by atoms with Gasteiger partial charge in [0.25, 0.3) is 0 Å². The third-order valence-corrected chi connectivity index (χ3v) is 10.2. The molecule has 2 heterocycles. The number of hydrogen-bond donors (Lipinski definition) is 12. The highest BCUT2D eigenvalue weighted by atomic mass is 16.4. The van der Waals surface area contributed by atoms with Crippen LogP contribution in [0.2, 0.25) is 0 Å². The number of aromatic amines is 1. The Labute approximate surface area is 357 Å². The van der Waals surface area contributed by atoms with Gasteiger partial charge in [0.15, 0.2) is 0 Å². The number of nitrogens with one attached hydrogen (secondary N) is 7. The maximum atomic E-state index is 13.9. The standard InChI is InChI=1S/C40H59N9O13/c1-19(2)13-25(43-37(58)28(17-50)46-33(54)21(5)41)34(55)44-27(15-31(52)53)35(56)47-29(18-51)39(60)49-12-8-11-30(49)38(59)45-26(36(57)48-32(20(3)4)40(61)62)14-22-16-42-24-10-7-6-9-23(22)24/h6-7,9-10,16,19-21,25-30,32,42,50-51H,8,11-15,17-18,41H2,1-5H3,(H,43,58)(H,44,55)(H,45,59)(H,46,54)(H,47,56)(H,48,57)(H,52,53)(H,61,62)/t21-,25-,26-,27-,28-,29-,30-,32-/m0/s1. The zero-order chi connectivity index (χ0) is 46.4. The van der Waals surface area contributed by atoms with Crippen LogP contribution in [0.25, 0.3) is 10.9 Å². The molecule has 22 heteroatoms. The molecule has 7 amide bonds. The summed E-state index contributed by atoms with van der Waals surface area (Å²) in [7, 11) is 0. The van der Waals surface area contributed by atoms with E-state index in [2.05, 4.69) is 36.9 Å². The molecule has 0 radical (unpaired) electrons. The summed E-state index contributed by atoms with van der Waals surface area (Å²) in [5.41, 5.74) is 6.92. The molecule has 1 aliphatic heterocycles. The molecule has 13 N–H and O–H groups in total. The van der Waals surface area contributed by atoms with Crippen LogP contribution in [0.15, 0.2) is 30.5 Å². The van der Waals surface area contributed by atoms with Gasteiger partial charge in [0.1, 0.15) is 42.3 Å². The second-order valence-electron chi connectivity index (χ2n) is 16.0. The summed E-state index contributed by atoms with van der Waals surface area (Å²) in [5, 5.41) is 54.4. The third-order valence-electron chi connectivity index (χ3n) is 10.2. The van der Waals surface area contributed by atoms with Crippen LogP contribution in [-0.4, -0.2) is 152 Å². The number of amides is 7. The molecule has 1 aromatic heterocycles. The van der Waals surface area contributed by atoms with E-state index in [0.29, 0.717) is 12.0 Å². The van der Waals surface area contributed by atoms with E-state index in [0.717, 1.165) is 15.8 Å². The van der Waals surface area contributed by atoms with E-state index in [4.69, 9.17) is 5.73 Å². The number of aromatic nitrogens is 1. The Bertz CT molecular complexity index is 1950. The van der Waals surface area contributed by atoms with Gasteiger partial charge in [-0.15, -0.1) is 0 Å². The molecule has 3 rings (SSSR count). The summed E-state index contributed by atoms with van der Waals surface area (Å²) in [6.07, 6.45) is 0.985. The number of aliphatic hydroxyl groups is 2. The van der Waals surface area contributed by atoms with Crippen LogP contribution >= 0.6 is 0 Å². The van der Waals surface area contributed by atoms with Crippen LogP contribution < -0.4 is 37.6 Å².